The Morgan fingerprint density at radius 3 is 2.62 bits per heavy atom. The molecule has 0 spiro atoms. The molecular formula is C32H27ClF3N5O6. The van der Waals surface area contributed by atoms with Crippen LogP contribution in [0.15, 0.2) is 36.5 Å². The maximum atomic E-state index is 16.7. The van der Waals surface area contributed by atoms with Gasteiger partial charge in [-0.05, 0) is 68.9 Å². The van der Waals surface area contributed by atoms with Gasteiger partial charge in [-0.1, -0.05) is 11.6 Å². The van der Waals surface area contributed by atoms with Crippen LogP contribution in [0.3, 0.4) is 0 Å². The first-order valence-electron chi connectivity index (χ1n) is 15.0. The van der Waals surface area contributed by atoms with Gasteiger partial charge >= 0.3 is 6.29 Å². The highest BCUT2D eigenvalue weighted by Crippen LogP contribution is 2.52. The van der Waals surface area contributed by atoms with Crippen LogP contribution in [0.5, 0.6) is 17.2 Å². The second-order valence-corrected chi connectivity index (χ2v) is 13.2. The third-order valence-corrected chi connectivity index (χ3v) is 9.60. The zero-order valence-electron chi connectivity index (χ0n) is 24.8. The lowest BCUT2D eigenvalue weighted by molar-refractivity contribution is -0.286. The van der Waals surface area contributed by atoms with Gasteiger partial charge in [-0.2, -0.15) is 5.10 Å². The van der Waals surface area contributed by atoms with Gasteiger partial charge in [0.05, 0.1) is 23.2 Å². The average molecular weight is 670 g/mol. The van der Waals surface area contributed by atoms with Gasteiger partial charge < -0.3 is 30.4 Å². The molecule has 2 aliphatic heterocycles. The van der Waals surface area contributed by atoms with Crippen LogP contribution in [-0.4, -0.2) is 51.1 Å². The number of carbonyl (C=O) groups excluding carboxylic acids is 2. The van der Waals surface area contributed by atoms with Crippen molar-refractivity contribution >= 4 is 34.3 Å². The molecule has 0 unspecified atom stereocenters. The lowest BCUT2D eigenvalue weighted by Gasteiger charge is -2.30. The second-order valence-electron chi connectivity index (χ2n) is 12.8. The minimum absolute atomic E-state index is 0.0432. The Balaban J connectivity index is 1.19. The molecule has 2 aromatic carbocycles. The number of aromatic nitrogens is 3. The molecule has 4 aliphatic rings. The first kappa shape index (κ1) is 29.8. The van der Waals surface area contributed by atoms with Gasteiger partial charge in [0, 0.05) is 22.7 Å². The van der Waals surface area contributed by atoms with Crippen molar-refractivity contribution < 1.29 is 42.1 Å². The molecule has 4 aromatic rings. The van der Waals surface area contributed by atoms with Crippen LogP contribution < -0.4 is 25.3 Å². The van der Waals surface area contributed by atoms with Crippen LogP contribution in [0, 0.1) is 11.7 Å². The molecule has 47 heavy (non-hydrogen) atoms. The number of halogens is 4. The number of carbonyl (C=O) groups is 2. The molecule has 0 saturated heterocycles. The number of nitrogens with two attached hydrogens (primary N) is 1. The summed E-state index contributed by atoms with van der Waals surface area (Å²) >= 11 is 6.47. The SMILES string of the molecule is C[C@@]1(C(N)=O)COc2c(-c3ccc4c(c3)OC(F)(F)O4)nc([C@@](O)(CNC(=O)c3cc(Cl)c4nn(C5CC5)cc4c3)C3CC3)c(F)c21. The molecular weight excluding hydrogens is 643 g/mol. The number of hydrogen-bond donors (Lipinski definition) is 3. The monoisotopic (exact) mass is 669 g/mol. The van der Waals surface area contributed by atoms with Gasteiger partial charge in [0.15, 0.2) is 23.1 Å². The van der Waals surface area contributed by atoms with Crippen LogP contribution >= 0.6 is 11.6 Å². The molecule has 4 N–H and O–H groups in total. The van der Waals surface area contributed by atoms with Gasteiger partial charge in [0.2, 0.25) is 5.91 Å². The first-order chi connectivity index (χ1) is 22.3. The van der Waals surface area contributed by atoms with Crippen molar-refractivity contribution in [2.75, 3.05) is 13.2 Å². The number of fused-ring (bicyclic) bond motifs is 3. The van der Waals surface area contributed by atoms with Crippen LogP contribution in [0.4, 0.5) is 13.2 Å². The molecule has 2 fully saturated rings. The van der Waals surface area contributed by atoms with Gasteiger partial charge in [0.1, 0.15) is 34.5 Å². The van der Waals surface area contributed by atoms with Gasteiger partial charge in [-0.25, -0.2) is 9.37 Å². The Hall–Kier alpha value is -4.56. The summed E-state index contributed by atoms with van der Waals surface area (Å²) in [6, 6.07) is 7.26. The summed E-state index contributed by atoms with van der Waals surface area (Å²) in [6.45, 7) is 0.632. The standard InChI is InChI=1S/C32H27ClF3N5O6/c1-30(29(37)43)13-45-26-22(30)23(34)27(39-25(26)14-2-7-20-21(10-14)47-32(35,36)46-20)31(44,17-3-4-17)12-38-28(42)15-8-16-11-41(18-5-6-18)40-24(16)19(33)9-15/h2,7-11,17-18,44H,3-6,12-13H2,1H3,(H2,37,43)(H,38,42)/t30-,31-/m1/s1. The van der Waals surface area contributed by atoms with Crippen LogP contribution in [0.25, 0.3) is 22.2 Å². The summed E-state index contributed by atoms with van der Waals surface area (Å²) in [5.41, 5.74) is 2.23. The highest BCUT2D eigenvalue weighted by molar-refractivity contribution is 6.35. The van der Waals surface area contributed by atoms with Crippen molar-refractivity contribution in [3.8, 4) is 28.5 Å². The van der Waals surface area contributed by atoms with Crippen LogP contribution in [0.2, 0.25) is 5.02 Å². The molecule has 2 aliphatic carbocycles. The molecule has 11 nitrogen and oxygen atoms in total. The fourth-order valence-electron chi connectivity index (χ4n) is 6.31. The van der Waals surface area contributed by atoms with Crippen LogP contribution in [0.1, 0.15) is 60.3 Å². The topological polar surface area (TPSA) is 151 Å². The number of amides is 2. The number of hydrogen-bond acceptors (Lipinski definition) is 8. The Bertz CT molecular complexity index is 2030. The quantitative estimate of drug-likeness (QED) is 0.244. The van der Waals surface area contributed by atoms with Crippen molar-refractivity contribution in [3.05, 3.63) is 64.2 Å². The smallest absolute Gasteiger partial charge is 0.489 e. The minimum atomic E-state index is -3.89. The lowest BCUT2D eigenvalue weighted by Crippen LogP contribution is -2.45. The number of pyridine rings is 1. The number of benzene rings is 2. The first-order valence-corrected chi connectivity index (χ1v) is 15.4. The molecule has 0 radical (unpaired) electrons. The maximum Gasteiger partial charge on any atom is 0.586 e. The van der Waals surface area contributed by atoms with Crippen molar-refractivity contribution in [2.45, 2.75) is 56.0 Å². The summed E-state index contributed by atoms with van der Waals surface area (Å²) in [7, 11) is 0. The summed E-state index contributed by atoms with van der Waals surface area (Å²) in [4.78, 5) is 30.6. The normalized spacial score (nSPS) is 22.1. The van der Waals surface area contributed by atoms with E-state index in [1.807, 2.05) is 10.9 Å². The number of aliphatic hydroxyl groups is 1. The van der Waals surface area contributed by atoms with E-state index >= 15 is 4.39 Å². The highest BCUT2D eigenvalue weighted by Gasteiger charge is 2.53. The molecule has 2 amide bonds. The third kappa shape index (κ3) is 4.75. The fourth-order valence-corrected chi connectivity index (χ4v) is 6.58. The zero-order chi connectivity index (χ0) is 33.0. The van der Waals surface area contributed by atoms with Gasteiger partial charge in [-0.3, -0.25) is 14.3 Å². The molecule has 8 rings (SSSR count). The van der Waals surface area contributed by atoms with Crippen molar-refractivity contribution in [2.24, 2.45) is 11.7 Å². The van der Waals surface area contributed by atoms with E-state index in [9.17, 15) is 23.5 Å². The Labute approximate surface area is 269 Å². The van der Waals surface area contributed by atoms with E-state index in [1.54, 1.807) is 6.07 Å². The predicted molar refractivity (Wildman–Crippen MR) is 160 cm³/mol. The maximum absolute atomic E-state index is 16.7. The number of nitrogens with one attached hydrogen (secondary N) is 1. The van der Waals surface area contributed by atoms with Crippen molar-refractivity contribution in [1.82, 2.24) is 20.1 Å². The van der Waals surface area contributed by atoms with E-state index in [4.69, 9.17) is 22.1 Å². The van der Waals surface area contributed by atoms with E-state index in [-0.39, 0.29) is 51.3 Å². The van der Waals surface area contributed by atoms with Gasteiger partial charge in [0.25, 0.3) is 5.91 Å². The number of primary amides is 1. The highest BCUT2D eigenvalue weighted by atomic mass is 35.5. The Kier molecular flexibility index (Phi) is 6.33. The predicted octanol–water partition coefficient (Wildman–Crippen LogP) is 4.71. The summed E-state index contributed by atoms with van der Waals surface area (Å²) in [6.07, 6.45) is 0.979. The van der Waals surface area contributed by atoms with E-state index in [2.05, 4.69) is 24.9 Å². The largest absolute Gasteiger partial charge is 0.586 e. The molecule has 2 saturated carbocycles. The lowest BCUT2D eigenvalue weighted by atomic mass is 9.80. The fraction of sp³-hybridized carbons (Fsp3) is 0.375. The zero-order valence-corrected chi connectivity index (χ0v) is 25.5. The van der Waals surface area contributed by atoms with Gasteiger partial charge in [-0.15, -0.1) is 8.78 Å². The molecule has 15 heteroatoms. The third-order valence-electron chi connectivity index (χ3n) is 9.31. The molecule has 244 valence electrons. The number of alkyl halides is 2. The second kappa shape index (κ2) is 9.97. The summed E-state index contributed by atoms with van der Waals surface area (Å²) in [5, 5.41) is 20.4. The van der Waals surface area contributed by atoms with Crippen LogP contribution in [-0.2, 0) is 15.8 Å². The van der Waals surface area contributed by atoms with Crippen molar-refractivity contribution in [1.29, 1.82) is 0 Å². The summed E-state index contributed by atoms with van der Waals surface area (Å²) in [5.74, 6) is -3.63. The number of rotatable bonds is 8. The minimum Gasteiger partial charge on any atom is -0.489 e. The van der Waals surface area contributed by atoms with E-state index in [1.165, 1.54) is 31.2 Å². The van der Waals surface area contributed by atoms with E-state index in [0.717, 1.165) is 12.8 Å². The van der Waals surface area contributed by atoms with E-state index in [0.29, 0.717) is 29.8 Å². The molecule has 2 atom stereocenters. The van der Waals surface area contributed by atoms with E-state index < -0.39 is 53.1 Å². The Morgan fingerprint density at radius 1 is 1.17 bits per heavy atom. The average Bonchev–Trinajstić information content (AvgIpc) is 3.95. The Morgan fingerprint density at radius 2 is 1.91 bits per heavy atom. The van der Waals surface area contributed by atoms with Crippen molar-refractivity contribution in [3.63, 3.8) is 0 Å². The number of ether oxygens (including phenoxy) is 3. The molecule has 4 heterocycles. The number of nitrogens with zero attached hydrogens (tertiary/aromatic N) is 3. The summed E-state index contributed by atoms with van der Waals surface area (Å²) < 4.78 is 61.0. The molecule has 0 bridgehead atoms. The molecule has 2 aromatic heterocycles.